The van der Waals surface area contributed by atoms with Gasteiger partial charge in [0.2, 0.25) is 5.91 Å². The Morgan fingerprint density at radius 2 is 0.889 bits per heavy atom. The van der Waals surface area contributed by atoms with E-state index in [1.165, 1.54) is 148 Å². The molecule has 0 aromatic carbocycles. The van der Waals surface area contributed by atoms with Gasteiger partial charge in [-0.15, -0.1) is 0 Å². The number of unbranched alkanes of at least 4 members (excludes halogenated alkanes) is 30. The van der Waals surface area contributed by atoms with Gasteiger partial charge in [-0.1, -0.05) is 230 Å². The summed E-state index contributed by atoms with van der Waals surface area (Å²) in [6.45, 7) is 6.71. The highest BCUT2D eigenvalue weighted by atomic mass is 31.2. The lowest BCUT2D eigenvalue weighted by Gasteiger charge is -2.30. The van der Waals surface area contributed by atoms with Crippen molar-refractivity contribution >= 4 is 19.7 Å². The minimum absolute atomic E-state index is 0.0252. The van der Waals surface area contributed by atoms with Crippen molar-refractivity contribution in [2.45, 2.75) is 283 Å². The Hall–Kier alpha value is -2.29. The number of hydrogen-bond acceptors (Lipinski definition) is 7. The maximum Gasteiger partial charge on any atom is 0.306 e. The predicted octanol–water partition coefficient (Wildman–Crippen LogP) is 17.6. The molecule has 0 bridgehead atoms. The van der Waals surface area contributed by atoms with Crippen LogP contribution in [0.2, 0.25) is 0 Å². The van der Waals surface area contributed by atoms with Crippen LogP contribution in [-0.2, 0) is 27.9 Å². The number of ether oxygens (including phenoxy) is 1. The first-order chi connectivity index (χ1) is 34.9. The van der Waals surface area contributed by atoms with Gasteiger partial charge in [0, 0.05) is 12.8 Å². The second-order valence-corrected chi connectivity index (χ2v) is 22.9. The molecule has 420 valence electrons. The molecule has 0 spiro atoms. The van der Waals surface area contributed by atoms with Gasteiger partial charge in [0.05, 0.1) is 33.8 Å². The van der Waals surface area contributed by atoms with Gasteiger partial charge < -0.3 is 28.5 Å². The molecule has 1 N–H and O–H groups in total. The molecule has 0 aromatic heterocycles. The van der Waals surface area contributed by atoms with Gasteiger partial charge in [-0.05, 0) is 89.5 Å². The second-order valence-electron chi connectivity index (χ2n) is 21.5. The van der Waals surface area contributed by atoms with Crippen LogP contribution in [0.25, 0.3) is 0 Å². The van der Waals surface area contributed by atoms with E-state index in [1.807, 2.05) is 33.3 Å². The number of rotatable bonds is 54. The smallest absolute Gasteiger partial charge is 0.306 e. The number of phosphoric ester groups is 1. The van der Waals surface area contributed by atoms with E-state index in [1.54, 1.807) is 0 Å². The highest BCUT2D eigenvalue weighted by Gasteiger charge is 2.27. The monoisotopic (exact) mass is 1030 g/mol. The Kier molecular flexibility index (Phi) is 50.5. The zero-order valence-corrected chi connectivity index (χ0v) is 48.8. The predicted molar refractivity (Wildman–Crippen MR) is 307 cm³/mol. The number of allylic oxidation sites excluding steroid dienone is 9. The third kappa shape index (κ3) is 52.6. The number of nitrogens with one attached hydrogen (secondary N) is 1. The van der Waals surface area contributed by atoms with Crippen molar-refractivity contribution in [2.24, 2.45) is 0 Å². The van der Waals surface area contributed by atoms with Gasteiger partial charge in [-0.25, -0.2) is 0 Å². The average molecular weight is 1030 g/mol. The normalized spacial score (nSPS) is 14.2. The number of amides is 1. The van der Waals surface area contributed by atoms with Gasteiger partial charge in [0.15, 0.2) is 0 Å². The standard InChI is InChI=1S/C62H115N2O7P/c1-7-10-13-16-19-22-25-27-29-30-31-32-33-34-35-37-40-43-46-49-52-55-62(66)71-60(53-50-47-44-41-38-24-21-18-15-12-9-3)59(58-70-72(67,68)69-57-56-64(4,5)6)63-61(65)54-51-48-45-42-39-36-28-26-23-20-17-14-11-8-2/h11,14,19-20,22-23,27,29,50,53,59-60H,7-10,12-13,15-18,21,24-26,28,30-49,51-52,54-58H2,1-6H3,(H-,63,65,67,68)/b14-11+,22-19-,23-20+,29-27-,53-50-. The van der Waals surface area contributed by atoms with Crippen molar-refractivity contribution in [1.29, 1.82) is 0 Å². The van der Waals surface area contributed by atoms with Crippen LogP contribution in [-0.4, -0.2) is 69.4 Å². The maximum atomic E-state index is 13.5. The highest BCUT2D eigenvalue weighted by molar-refractivity contribution is 7.45. The van der Waals surface area contributed by atoms with Crippen LogP contribution < -0.4 is 10.2 Å². The number of likely N-dealkylation sites (N-methyl/N-ethyl adjacent to an activating group) is 1. The molecule has 0 saturated carbocycles. The van der Waals surface area contributed by atoms with Crippen molar-refractivity contribution in [2.75, 3.05) is 40.9 Å². The van der Waals surface area contributed by atoms with E-state index < -0.39 is 26.6 Å². The van der Waals surface area contributed by atoms with E-state index in [-0.39, 0.29) is 24.9 Å². The Bertz CT molecular complexity index is 1420. The molecule has 0 heterocycles. The molecule has 0 aliphatic rings. The minimum atomic E-state index is -4.70. The molecule has 3 atom stereocenters. The summed E-state index contributed by atoms with van der Waals surface area (Å²) in [6.07, 6.45) is 64.7. The average Bonchev–Trinajstić information content (AvgIpc) is 3.34. The SMILES string of the molecule is CC/C=C/C/C=C/CCCCCCCCCC(=O)NC(COP(=O)([O-])OCC[N+](C)(C)C)C(/C=C\CCCCCCCCCCC)OC(=O)CCCCCCCCCCCCC/C=C\C/C=C\CCCCC. The number of quaternary nitrogens is 1. The van der Waals surface area contributed by atoms with E-state index >= 15 is 0 Å². The summed E-state index contributed by atoms with van der Waals surface area (Å²) in [5, 5.41) is 3.02. The summed E-state index contributed by atoms with van der Waals surface area (Å²) < 4.78 is 30.2. The van der Waals surface area contributed by atoms with Crippen LogP contribution in [0.15, 0.2) is 60.8 Å². The van der Waals surface area contributed by atoms with E-state index in [9.17, 15) is 19.0 Å². The molecule has 0 aliphatic carbocycles. The molecule has 0 rings (SSSR count). The fraction of sp³-hybridized carbons (Fsp3) is 0.806. The Labute approximate surface area is 445 Å². The number of phosphoric acid groups is 1. The van der Waals surface area contributed by atoms with E-state index in [4.69, 9.17) is 13.8 Å². The molecular weight excluding hydrogens is 916 g/mol. The number of esters is 1. The summed E-state index contributed by atoms with van der Waals surface area (Å²) in [5.74, 6) is -0.550. The molecule has 72 heavy (non-hydrogen) atoms. The van der Waals surface area contributed by atoms with E-state index in [2.05, 4.69) is 74.7 Å². The maximum absolute atomic E-state index is 13.5. The van der Waals surface area contributed by atoms with Crippen LogP contribution in [0.3, 0.4) is 0 Å². The summed E-state index contributed by atoms with van der Waals surface area (Å²) in [4.78, 5) is 39.9. The largest absolute Gasteiger partial charge is 0.756 e. The Morgan fingerprint density at radius 3 is 1.35 bits per heavy atom. The van der Waals surface area contributed by atoms with Crippen LogP contribution in [0, 0.1) is 0 Å². The molecule has 0 fully saturated rings. The van der Waals surface area contributed by atoms with Gasteiger partial charge in [0.25, 0.3) is 7.82 Å². The molecule has 0 aliphatic heterocycles. The Morgan fingerprint density at radius 1 is 0.500 bits per heavy atom. The Balaban J connectivity index is 5.20. The summed E-state index contributed by atoms with van der Waals surface area (Å²) in [5.41, 5.74) is 0. The first-order valence-corrected chi connectivity index (χ1v) is 31.6. The van der Waals surface area contributed by atoms with Crippen LogP contribution in [0.4, 0.5) is 0 Å². The highest BCUT2D eigenvalue weighted by Crippen LogP contribution is 2.38. The van der Waals surface area contributed by atoms with E-state index in [0.29, 0.717) is 17.4 Å². The zero-order chi connectivity index (χ0) is 52.9. The first kappa shape index (κ1) is 69.7. The van der Waals surface area contributed by atoms with E-state index in [0.717, 1.165) is 89.9 Å². The first-order valence-electron chi connectivity index (χ1n) is 30.1. The number of hydrogen-bond donors (Lipinski definition) is 1. The topological polar surface area (TPSA) is 114 Å². The molecule has 0 saturated heterocycles. The molecule has 10 heteroatoms. The quantitative estimate of drug-likeness (QED) is 0.0212. The van der Waals surface area contributed by atoms with Crippen molar-refractivity contribution in [3.05, 3.63) is 60.8 Å². The van der Waals surface area contributed by atoms with Crippen LogP contribution in [0.5, 0.6) is 0 Å². The fourth-order valence-corrected chi connectivity index (χ4v) is 9.25. The molecule has 1 amide bonds. The lowest BCUT2D eigenvalue weighted by atomic mass is 10.0. The lowest BCUT2D eigenvalue weighted by molar-refractivity contribution is -0.870. The molecule has 0 aromatic rings. The summed E-state index contributed by atoms with van der Waals surface area (Å²) in [7, 11) is 1.18. The van der Waals surface area contributed by atoms with Gasteiger partial charge in [0.1, 0.15) is 19.3 Å². The number of nitrogens with zero attached hydrogens (tertiary/aromatic N) is 1. The van der Waals surface area contributed by atoms with Crippen LogP contribution in [0.1, 0.15) is 271 Å². The van der Waals surface area contributed by atoms with Crippen molar-refractivity contribution in [3.8, 4) is 0 Å². The third-order valence-corrected chi connectivity index (χ3v) is 14.1. The molecule has 3 unspecified atom stereocenters. The van der Waals surface area contributed by atoms with Crippen molar-refractivity contribution in [3.63, 3.8) is 0 Å². The summed E-state index contributed by atoms with van der Waals surface area (Å²) in [6, 6.07) is -0.893. The second kappa shape index (κ2) is 52.2. The third-order valence-electron chi connectivity index (χ3n) is 13.2. The van der Waals surface area contributed by atoms with Gasteiger partial charge in [-0.3, -0.25) is 14.2 Å². The fourth-order valence-electron chi connectivity index (χ4n) is 8.53. The minimum Gasteiger partial charge on any atom is -0.756 e. The van der Waals surface area contributed by atoms with Gasteiger partial charge in [-0.2, -0.15) is 0 Å². The molecule has 0 radical (unpaired) electrons. The molecular formula is C62H115N2O7P. The summed E-state index contributed by atoms with van der Waals surface area (Å²) >= 11 is 0. The van der Waals surface area contributed by atoms with Gasteiger partial charge >= 0.3 is 5.97 Å². The lowest BCUT2D eigenvalue weighted by Crippen LogP contribution is -2.47. The zero-order valence-electron chi connectivity index (χ0n) is 47.9. The van der Waals surface area contributed by atoms with Crippen molar-refractivity contribution in [1.82, 2.24) is 5.32 Å². The molecule has 9 nitrogen and oxygen atoms in total. The van der Waals surface area contributed by atoms with Crippen LogP contribution >= 0.6 is 7.82 Å². The van der Waals surface area contributed by atoms with Crippen molar-refractivity contribution < 1.29 is 37.3 Å². The number of carbonyl (C=O) groups is 2. The number of carbonyl (C=O) groups excluding carboxylic acids is 2.